The SMILES string of the molecule is C=CC(=O)N1CCc2cc(-c3c(-c4ccc(Oc5cccc(C)n5)cc4)c4c(N)ncnc4n3C)ccc21.COC. The van der Waals surface area contributed by atoms with Crippen LogP contribution in [0.3, 0.4) is 0 Å². The summed E-state index contributed by atoms with van der Waals surface area (Å²) in [4.78, 5) is 27.3. The summed E-state index contributed by atoms with van der Waals surface area (Å²) in [5, 5.41) is 0.794. The Balaban J connectivity index is 0.00000108. The average Bonchev–Trinajstić information content (AvgIpc) is 3.53. The van der Waals surface area contributed by atoms with E-state index >= 15 is 0 Å². The summed E-state index contributed by atoms with van der Waals surface area (Å²) < 4.78 is 12.3. The number of aromatic nitrogens is 4. The van der Waals surface area contributed by atoms with Crippen molar-refractivity contribution in [2.45, 2.75) is 13.3 Å². The van der Waals surface area contributed by atoms with Crippen molar-refractivity contribution in [1.82, 2.24) is 19.5 Å². The number of rotatable bonds is 5. The van der Waals surface area contributed by atoms with Gasteiger partial charge in [-0.3, -0.25) is 4.79 Å². The average molecular weight is 549 g/mol. The number of nitrogens with zero attached hydrogens (tertiary/aromatic N) is 5. The number of hydrogen-bond acceptors (Lipinski definition) is 7. The molecule has 3 aromatic heterocycles. The number of hydrogen-bond donors (Lipinski definition) is 1. The number of nitrogen functional groups attached to an aromatic ring is 1. The number of nitrogens with two attached hydrogens (primary N) is 1. The first-order chi connectivity index (χ1) is 19.9. The molecule has 1 aliphatic rings. The number of benzene rings is 2. The number of pyridine rings is 1. The van der Waals surface area contributed by atoms with Crippen LogP contribution in [0.25, 0.3) is 33.4 Å². The molecule has 0 saturated carbocycles. The lowest BCUT2D eigenvalue weighted by atomic mass is 9.97. The first-order valence-electron chi connectivity index (χ1n) is 13.1. The predicted octanol–water partition coefficient (Wildman–Crippen LogP) is 5.72. The monoisotopic (exact) mass is 548 g/mol. The smallest absolute Gasteiger partial charge is 0.250 e. The van der Waals surface area contributed by atoms with Crippen molar-refractivity contribution in [2.24, 2.45) is 7.05 Å². The Morgan fingerprint density at radius 1 is 1.05 bits per heavy atom. The molecule has 1 aliphatic heterocycles. The summed E-state index contributed by atoms with van der Waals surface area (Å²) in [6.07, 6.45) is 3.62. The maximum atomic E-state index is 12.3. The van der Waals surface area contributed by atoms with Gasteiger partial charge < -0.3 is 24.7 Å². The molecule has 0 radical (unpaired) electrons. The molecule has 9 heteroatoms. The number of ether oxygens (including phenoxy) is 2. The van der Waals surface area contributed by atoms with Gasteiger partial charge in [-0.2, -0.15) is 0 Å². The summed E-state index contributed by atoms with van der Waals surface area (Å²) in [5.41, 5.74) is 14.0. The van der Waals surface area contributed by atoms with Gasteiger partial charge >= 0.3 is 0 Å². The molecular formula is C32H32N6O3. The number of fused-ring (bicyclic) bond motifs is 2. The van der Waals surface area contributed by atoms with Gasteiger partial charge in [-0.05, 0) is 66.4 Å². The minimum atomic E-state index is -0.0898. The molecule has 0 spiro atoms. The van der Waals surface area contributed by atoms with Gasteiger partial charge in [0.15, 0.2) is 0 Å². The van der Waals surface area contributed by atoms with Crippen molar-refractivity contribution in [3.05, 3.63) is 90.9 Å². The van der Waals surface area contributed by atoms with Crippen LogP contribution in [0.4, 0.5) is 11.5 Å². The van der Waals surface area contributed by atoms with Crippen LogP contribution >= 0.6 is 0 Å². The van der Waals surface area contributed by atoms with Crippen molar-refractivity contribution in [2.75, 3.05) is 31.4 Å². The van der Waals surface area contributed by atoms with Crippen molar-refractivity contribution in [1.29, 1.82) is 0 Å². The first-order valence-corrected chi connectivity index (χ1v) is 13.1. The van der Waals surface area contributed by atoms with Crippen LogP contribution in [-0.4, -0.2) is 46.2 Å². The van der Waals surface area contributed by atoms with Gasteiger partial charge in [0, 0.05) is 50.8 Å². The number of aryl methyl sites for hydroxylation is 2. The van der Waals surface area contributed by atoms with E-state index in [1.165, 1.54) is 12.4 Å². The number of anilines is 2. The molecule has 5 aromatic rings. The maximum Gasteiger partial charge on any atom is 0.250 e. The molecule has 0 aliphatic carbocycles. The van der Waals surface area contributed by atoms with Gasteiger partial charge in [-0.25, -0.2) is 15.0 Å². The molecule has 0 atom stereocenters. The molecule has 1 amide bonds. The number of carbonyl (C=O) groups excluding carboxylic acids is 1. The van der Waals surface area contributed by atoms with Gasteiger partial charge in [0.2, 0.25) is 11.8 Å². The highest BCUT2D eigenvalue weighted by Crippen LogP contribution is 2.43. The van der Waals surface area contributed by atoms with Crippen molar-refractivity contribution in [3.63, 3.8) is 0 Å². The number of methoxy groups -OCH3 is 1. The number of carbonyl (C=O) groups is 1. The highest BCUT2D eigenvalue weighted by Gasteiger charge is 2.26. The molecule has 9 nitrogen and oxygen atoms in total. The van der Waals surface area contributed by atoms with Crippen LogP contribution in [0.2, 0.25) is 0 Å². The third-order valence-electron chi connectivity index (χ3n) is 6.91. The van der Waals surface area contributed by atoms with Gasteiger partial charge in [0.25, 0.3) is 0 Å². The van der Waals surface area contributed by atoms with E-state index in [0.717, 1.165) is 56.8 Å². The van der Waals surface area contributed by atoms with E-state index in [2.05, 4.69) is 32.3 Å². The fourth-order valence-corrected chi connectivity index (χ4v) is 5.17. The topological polar surface area (TPSA) is 108 Å². The largest absolute Gasteiger partial charge is 0.439 e. The Bertz CT molecular complexity index is 1740. The highest BCUT2D eigenvalue weighted by atomic mass is 16.5. The van der Waals surface area contributed by atoms with E-state index in [9.17, 15) is 4.79 Å². The lowest BCUT2D eigenvalue weighted by Gasteiger charge is -2.16. The zero-order chi connectivity index (χ0) is 29.1. The molecule has 6 rings (SSSR count). The summed E-state index contributed by atoms with van der Waals surface area (Å²) in [6.45, 7) is 6.20. The molecule has 0 fully saturated rings. The summed E-state index contributed by atoms with van der Waals surface area (Å²) in [7, 11) is 5.23. The lowest BCUT2D eigenvalue weighted by Crippen LogP contribution is -2.26. The Kier molecular flexibility index (Phi) is 7.80. The summed E-state index contributed by atoms with van der Waals surface area (Å²) in [5.74, 6) is 1.55. The van der Waals surface area contributed by atoms with Crippen LogP contribution in [0.5, 0.6) is 11.6 Å². The maximum absolute atomic E-state index is 12.3. The van der Waals surface area contributed by atoms with Crippen molar-refractivity contribution < 1.29 is 14.3 Å². The third-order valence-corrected chi connectivity index (χ3v) is 6.91. The van der Waals surface area contributed by atoms with Crippen molar-refractivity contribution in [3.8, 4) is 34.0 Å². The number of amides is 1. The van der Waals surface area contributed by atoms with Gasteiger partial charge in [0.05, 0.1) is 11.1 Å². The first kappa shape index (κ1) is 27.5. The molecule has 4 heterocycles. The molecule has 0 unspecified atom stereocenters. The molecule has 208 valence electrons. The van der Waals surface area contributed by atoms with Crippen molar-refractivity contribution >= 4 is 28.4 Å². The third kappa shape index (κ3) is 5.27. The van der Waals surface area contributed by atoms with Crippen LogP contribution < -0.4 is 15.4 Å². The fraction of sp³-hybridized carbons (Fsp3) is 0.188. The van der Waals surface area contributed by atoms with Crippen LogP contribution in [0.1, 0.15) is 11.3 Å². The van der Waals surface area contributed by atoms with E-state index in [1.807, 2.05) is 73.1 Å². The minimum Gasteiger partial charge on any atom is -0.439 e. The quantitative estimate of drug-likeness (QED) is 0.280. The second-order valence-electron chi connectivity index (χ2n) is 9.68. The molecule has 0 saturated heterocycles. The minimum absolute atomic E-state index is 0.0898. The Morgan fingerprint density at radius 2 is 1.78 bits per heavy atom. The van der Waals surface area contributed by atoms with Gasteiger partial charge in [-0.1, -0.05) is 30.8 Å². The lowest BCUT2D eigenvalue weighted by molar-refractivity contribution is -0.114. The van der Waals surface area contributed by atoms with E-state index in [-0.39, 0.29) is 5.91 Å². The molecule has 41 heavy (non-hydrogen) atoms. The zero-order valence-corrected chi connectivity index (χ0v) is 23.6. The van der Waals surface area contributed by atoms with E-state index in [4.69, 9.17) is 10.5 Å². The van der Waals surface area contributed by atoms with Crippen LogP contribution in [-0.2, 0) is 23.0 Å². The molecule has 2 N–H and O–H groups in total. The van der Waals surface area contributed by atoms with Crippen LogP contribution in [0, 0.1) is 6.92 Å². The Labute approximate surface area is 238 Å². The Hall–Kier alpha value is -5.02. The molecule has 0 bridgehead atoms. The zero-order valence-electron chi connectivity index (χ0n) is 23.6. The molecular weight excluding hydrogens is 516 g/mol. The predicted molar refractivity (Wildman–Crippen MR) is 162 cm³/mol. The van der Waals surface area contributed by atoms with Gasteiger partial charge in [-0.15, -0.1) is 0 Å². The molecule has 2 aromatic carbocycles. The highest BCUT2D eigenvalue weighted by molar-refractivity contribution is 6.08. The standard InChI is InChI=1S/C30H26N6O2.C2H6O/c1-4-25(37)36-15-14-20-16-21(10-13-23(20)36)28-26(27-29(31)32-17-33-30(27)35(28)3)19-8-11-22(12-9-19)38-24-7-5-6-18(2)34-24;1-3-2/h4-13,16-17H,1,14-15H2,2-3H3,(H2,31,32,33);1-2H3. The second kappa shape index (κ2) is 11.6. The summed E-state index contributed by atoms with van der Waals surface area (Å²) in [6, 6.07) is 19.7. The van der Waals surface area contributed by atoms with E-state index in [0.29, 0.717) is 24.0 Å². The van der Waals surface area contributed by atoms with E-state index in [1.54, 1.807) is 19.1 Å². The Morgan fingerprint density at radius 3 is 2.49 bits per heavy atom. The van der Waals surface area contributed by atoms with E-state index < -0.39 is 0 Å². The van der Waals surface area contributed by atoms with Gasteiger partial charge in [0.1, 0.15) is 23.5 Å². The normalized spacial score (nSPS) is 12.0. The van der Waals surface area contributed by atoms with Crippen LogP contribution in [0.15, 0.2) is 79.6 Å². The summed E-state index contributed by atoms with van der Waals surface area (Å²) >= 11 is 0. The fourth-order valence-electron chi connectivity index (χ4n) is 5.17. The second-order valence-corrected chi connectivity index (χ2v) is 9.68.